The van der Waals surface area contributed by atoms with E-state index >= 15 is 0 Å². The van der Waals surface area contributed by atoms with Crippen LogP contribution in [0.1, 0.15) is 6.42 Å². The molecule has 2 N–H and O–H groups in total. The third kappa shape index (κ3) is 3.84. The van der Waals surface area contributed by atoms with Crippen molar-refractivity contribution in [3.63, 3.8) is 0 Å². The summed E-state index contributed by atoms with van der Waals surface area (Å²) in [4.78, 5) is 11.5. The van der Waals surface area contributed by atoms with Crippen molar-refractivity contribution in [2.75, 3.05) is 35.5 Å². The smallest absolute Gasteiger partial charge is 0.238 e. The van der Waals surface area contributed by atoms with Crippen LogP contribution in [0.2, 0.25) is 0 Å². The number of sulfonamides is 1. The number of carbonyl (C=O) groups is 1. The van der Waals surface area contributed by atoms with Crippen molar-refractivity contribution in [3.8, 4) is 0 Å². The van der Waals surface area contributed by atoms with Crippen molar-refractivity contribution >= 4 is 39.7 Å². The van der Waals surface area contributed by atoms with Crippen LogP contribution in [-0.2, 0) is 14.8 Å². The van der Waals surface area contributed by atoms with Crippen LogP contribution in [-0.4, -0.2) is 40.2 Å². The molecule has 0 radical (unpaired) electrons. The Bertz CT molecular complexity index is 577. The van der Waals surface area contributed by atoms with Crippen LogP contribution in [0.5, 0.6) is 0 Å². The van der Waals surface area contributed by atoms with E-state index in [0.717, 1.165) is 0 Å². The van der Waals surface area contributed by atoms with Gasteiger partial charge >= 0.3 is 0 Å². The van der Waals surface area contributed by atoms with E-state index in [9.17, 15) is 13.2 Å². The van der Waals surface area contributed by atoms with Gasteiger partial charge in [0.15, 0.2) is 0 Å². The summed E-state index contributed by atoms with van der Waals surface area (Å²) in [5.41, 5.74) is 1.19. The van der Waals surface area contributed by atoms with Gasteiger partial charge in [0, 0.05) is 12.2 Å². The summed E-state index contributed by atoms with van der Waals surface area (Å²) < 4.78 is 25.0. The zero-order chi connectivity index (χ0) is 13.9. The van der Waals surface area contributed by atoms with E-state index in [0.29, 0.717) is 24.3 Å². The first-order valence-electron chi connectivity index (χ1n) is 6.08. The molecule has 1 aromatic carbocycles. The third-order valence-corrected chi connectivity index (χ3v) is 4.72. The van der Waals surface area contributed by atoms with Crippen LogP contribution < -0.4 is 14.9 Å². The Kier molecular flexibility index (Phi) is 5.79. The third-order valence-electron chi connectivity index (χ3n) is 2.85. The van der Waals surface area contributed by atoms with Gasteiger partial charge < -0.3 is 10.6 Å². The fourth-order valence-corrected chi connectivity index (χ4v) is 3.59. The Labute approximate surface area is 125 Å². The molecular weight excluding hydrogens is 302 g/mol. The second-order valence-corrected chi connectivity index (χ2v) is 6.38. The van der Waals surface area contributed by atoms with Gasteiger partial charge in [0.1, 0.15) is 0 Å². The summed E-state index contributed by atoms with van der Waals surface area (Å²) >= 11 is 0. The Balaban J connectivity index is 0.00000200. The second kappa shape index (κ2) is 6.92. The molecule has 0 spiro atoms. The van der Waals surface area contributed by atoms with E-state index in [1.54, 1.807) is 31.3 Å². The maximum absolute atomic E-state index is 11.8. The average Bonchev–Trinajstić information content (AvgIpc) is 2.69. The first-order chi connectivity index (χ1) is 9.03. The predicted molar refractivity (Wildman–Crippen MR) is 82.0 cm³/mol. The Morgan fingerprint density at radius 2 is 2.15 bits per heavy atom. The molecule has 112 valence electrons. The topological polar surface area (TPSA) is 78.5 Å². The van der Waals surface area contributed by atoms with Crippen LogP contribution in [0, 0.1) is 0 Å². The summed E-state index contributed by atoms with van der Waals surface area (Å²) in [7, 11) is -1.50. The van der Waals surface area contributed by atoms with Crippen LogP contribution in [0.4, 0.5) is 11.4 Å². The number of nitrogens with zero attached hydrogens (tertiary/aromatic N) is 1. The molecular formula is C12H18ClN3O3S. The second-order valence-electron chi connectivity index (χ2n) is 4.37. The average molecular weight is 320 g/mol. The summed E-state index contributed by atoms with van der Waals surface area (Å²) in [5, 5.41) is 5.46. The molecule has 1 aliphatic rings. The summed E-state index contributed by atoms with van der Waals surface area (Å²) in [6.07, 6.45) is 0.638. The molecule has 0 unspecified atom stereocenters. The minimum absolute atomic E-state index is 0. The highest BCUT2D eigenvalue weighted by Crippen LogP contribution is 2.26. The highest BCUT2D eigenvalue weighted by Gasteiger charge is 2.28. The molecule has 0 saturated carbocycles. The van der Waals surface area contributed by atoms with Crippen molar-refractivity contribution in [1.82, 2.24) is 5.32 Å². The molecule has 0 aliphatic carbocycles. The summed E-state index contributed by atoms with van der Waals surface area (Å²) in [6.45, 7) is 0.711. The van der Waals surface area contributed by atoms with Crippen molar-refractivity contribution < 1.29 is 13.2 Å². The van der Waals surface area contributed by atoms with E-state index < -0.39 is 10.0 Å². The zero-order valence-electron chi connectivity index (χ0n) is 11.1. The van der Waals surface area contributed by atoms with E-state index in [2.05, 4.69) is 10.6 Å². The zero-order valence-corrected chi connectivity index (χ0v) is 12.8. The molecule has 1 fully saturated rings. The number of likely N-dealkylation sites (N-methyl/N-ethyl adjacent to an activating group) is 1. The van der Waals surface area contributed by atoms with Gasteiger partial charge in [-0.05, 0) is 31.7 Å². The number of rotatable bonds is 4. The Hall–Kier alpha value is -1.31. The van der Waals surface area contributed by atoms with Gasteiger partial charge in [0.05, 0.1) is 18.0 Å². The molecule has 8 heteroatoms. The first-order valence-corrected chi connectivity index (χ1v) is 7.69. The predicted octanol–water partition coefficient (Wildman–Crippen LogP) is 0.806. The Morgan fingerprint density at radius 1 is 1.40 bits per heavy atom. The highest BCUT2D eigenvalue weighted by atomic mass is 35.5. The molecule has 2 rings (SSSR count). The van der Waals surface area contributed by atoms with Crippen molar-refractivity contribution in [3.05, 3.63) is 24.3 Å². The molecule has 0 aromatic heterocycles. The lowest BCUT2D eigenvalue weighted by Gasteiger charge is -2.17. The standard InChI is InChI=1S/C12H17N3O3S.ClH/c1-13-9-12(16)14-10-4-2-5-11(8-10)15-6-3-7-19(15,17)18;/h2,4-5,8,13H,3,6-7,9H2,1H3,(H,14,16);1H. The van der Waals surface area contributed by atoms with Crippen LogP contribution in [0.3, 0.4) is 0 Å². The molecule has 0 bridgehead atoms. The molecule has 1 aromatic rings. The number of halogens is 1. The van der Waals surface area contributed by atoms with Gasteiger partial charge in [-0.1, -0.05) is 6.07 Å². The molecule has 1 aliphatic heterocycles. The number of amides is 1. The number of hydrogen-bond acceptors (Lipinski definition) is 4. The lowest BCUT2D eigenvalue weighted by molar-refractivity contribution is -0.115. The van der Waals surface area contributed by atoms with Crippen LogP contribution in [0.25, 0.3) is 0 Å². The lowest BCUT2D eigenvalue weighted by Crippen LogP contribution is -2.26. The maximum atomic E-state index is 11.8. The van der Waals surface area contributed by atoms with Gasteiger partial charge in [0.2, 0.25) is 15.9 Å². The SMILES string of the molecule is CNCC(=O)Nc1cccc(N2CCCS2(=O)=O)c1.Cl. The number of nitrogens with one attached hydrogen (secondary N) is 2. The quantitative estimate of drug-likeness (QED) is 0.860. The van der Waals surface area contributed by atoms with Crippen LogP contribution in [0.15, 0.2) is 24.3 Å². The maximum Gasteiger partial charge on any atom is 0.238 e. The normalized spacial score (nSPS) is 16.6. The molecule has 0 atom stereocenters. The van der Waals surface area contributed by atoms with Crippen molar-refractivity contribution in [2.24, 2.45) is 0 Å². The summed E-state index contributed by atoms with van der Waals surface area (Å²) in [5.74, 6) is 0.0208. The fourth-order valence-electron chi connectivity index (χ4n) is 2.03. The monoisotopic (exact) mass is 319 g/mol. The minimum Gasteiger partial charge on any atom is -0.325 e. The van der Waals surface area contributed by atoms with E-state index in [1.165, 1.54) is 4.31 Å². The number of carbonyl (C=O) groups excluding carboxylic acids is 1. The highest BCUT2D eigenvalue weighted by molar-refractivity contribution is 7.93. The van der Waals surface area contributed by atoms with Gasteiger partial charge in [-0.15, -0.1) is 12.4 Å². The van der Waals surface area contributed by atoms with E-state index in [1.807, 2.05) is 0 Å². The van der Waals surface area contributed by atoms with Crippen LogP contribution >= 0.6 is 12.4 Å². The van der Waals surface area contributed by atoms with Gasteiger partial charge in [-0.25, -0.2) is 8.42 Å². The first kappa shape index (κ1) is 16.7. The van der Waals surface area contributed by atoms with E-state index in [4.69, 9.17) is 0 Å². The molecule has 6 nitrogen and oxygen atoms in total. The van der Waals surface area contributed by atoms with E-state index in [-0.39, 0.29) is 30.6 Å². The summed E-state index contributed by atoms with van der Waals surface area (Å²) in [6, 6.07) is 6.88. The number of hydrogen-bond donors (Lipinski definition) is 2. The van der Waals surface area contributed by atoms with Crippen molar-refractivity contribution in [2.45, 2.75) is 6.42 Å². The molecule has 1 saturated heterocycles. The lowest BCUT2D eigenvalue weighted by atomic mass is 10.2. The number of anilines is 2. The molecule has 1 amide bonds. The largest absolute Gasteiger partial charge is 0.325 e. The fraction of sp³-hybridized carbons (Fsp3) is 0.417. The van der Waals surface area contributed by atoms with Gasteiger partial charge in [-0.2, -0.15) is 0 Å². The molecule has 20 heavy (non-hydrogen) atoms. The minimum atomic E-state index is -3.19. The Morgan fingerprint density at radius 3 is 2.75 bits per heavy atom. The van der Waals surface area contributed by atoms with Gasteiger partial charge in [-0.3, -0.25) is 9.10 Å². The van der Waals surface area contributed by atoms with Crippen molar-refractivity contribution in [1.29, 1.82) is 0 Å². The van der Waals surface area contributed by atoms with Gasteiger partial charge in [0.25, 0.3) is 0 Å². The number of benzene rings is 1. The molecule has 1 heterocycles.